The lowest BCUT2D eigenvalue weighted by Gasteiger charge is -2.36. The fourth-order valence-corrected chi connectivity index (χ4v) is 3.53. The van der Waals surface area contributed by atoms with E-state index in [4.69, 9.17) is 0 Å². The summed E-state index contributed by atoms with van der Waals surface area (Å²) in [5.74, 6) is 0.00912. The topological polar surface area (TPSA) is 77.9 Å². The highest BCUT2D eigenvalue weighted by Gasteiger charge is 2.34. The minimum absolute atomic E-state index is 0.0138. The van der Waals surface area contributed by atoms with Crippen molar-refractivity contribution >= 4 is 28.9 Å². The van der Waals surface area contributed by atoms with E-state index < -0.39 is 12.0 Å². The van der Waals surface area contributed by atoms with Crippen LogP contribution in [0.5, 0.6) is 0 Å². The zero-order chi connectivity index (χ0) is 14.7. The van der Waals surface area contributed by atoms with Crippen LogP contribution in [0.4, 0.5) is 4.79 Å². The molecule has 2 aliphatic rings. The van der Waals surface area contributed by atoms with Crippen molar-refractivity contribution in [2.45, 2.75) is 32.2 Å². The van der Waals surface area contributed by atoms with Crippen LogP contribution in [0.2, 0.25) is 0 Å². The molecule has 0 aromatic rings. The third-order valence-corrected chi connectivity index (χ3v) is 4.80. The van der Waals surface area contributed by atoms with Crippen molar-refractivity contribution in [3.8, 4) is 0 Å². The summed E-state index contributed by atoms with van der Waals surface area (Å²) in [6.07, 6.45) is 1.57. The summed E-state index contributed by atoms with van der Waals surface area (Å²) in [4.78, 5) is 38.0. The predicted molar refractivity (Wildman–Crippen MR) is 75.6 cm³/mol. The first-order valence-electron chi connectivity index (χ1n) is 6.93. The molecule has 2 amide bonds. The molecule has 1 N–H and O–H groups in total. The zero-order valence-electron chi connectivity index (χ0n) is 11.6. The second-order valence-electron chi connectivity index (χ2n) is 5.42. The summed E-state index contributed by atoms with van der Waals surface area (Å²) in [7, 11) is 0. The number of rotatable bonds is 4. The van der Waals surface area contributed by atoms with Crippen LogP contribution >= 0.6 is 11.8 Å². The van der Waals surface area contributed by atoms with Gasteiger partial charge in [-0.1, -0.05) is 18.7 Å². The highest BCUT2D eigenvalue weighted by atomic mass is 32.2. The number of carboxylic acids is 1. The Balaban J connectivity index is 1.89. The van der Waals surface area contributed by atoms with Crippen molar-refractivity contribution in [2.24, 2.45) is 5.92 Å². The van der Waals surface area contributed by atoms with Crippen molar-refractivity contribution in [2.75, 3.05) is 25.4 Å². The molecule has 0 radical (unpaired) electrons. The van der Waals surface area contributed by atoms with E-state index in [0.29, 0.717) is 32.0 Å². The molecule has 0 spiro atoms. The molecule has 2 saturated heterocycles. The van der Waals surface area contributed by atoms with E-state index in [1.54, 1.807) is 4.90 Å². The highest BCUT2D eigenvalue weighted by molar-refractivity contribution is 8.13. The quantitative estimate of drug-likeness (QED) is 0.845. The maximum Gasteiger partial charge on any atom is 0.326 e. The lowest BCUT2D eigenvalue weighted by molar-refractivity contribution is -0.153. The van der Waals surface area contributed by atoms with Gasteiger partial charge in [-0.15, -0.1) is 0 Å². The molecule has 6 nitrogen and oxygen atoms in total. The number of piperidine rings is 1. The van der Waals surface area contributed by atoms with Gasteiger partial charge in [0.05, 0.1) is 0 Å². The summed E-state index contributed by atoms with van der Waals surface area (Å²) in [6, 6.07) is -0.713. The van der Waals surface area contributed by atoms with Crippen molar-refractivity contribution in [3.05, 3.63) is 0 Å². The molecular weight excluding hydrogens is 280 g/mol. The number of amides is 2. The minimum Gasteiger partial charge on any atom is -0.480 e. The molecule has 0 saturated carbocycles. The summed E-state index contributed by atoms with van der Waals surface area (Å²) >= 11 is 1.27. The number of aliphatic carboxylic acids is 1. The maximum atomic E-state index is 12.2. The highest BCUT2D eigenvalue weighted by Crippen LogP contribution is 2.24. The lowest BCUT2D eigenvalue weighted by Crippen LogP contribution is -2.50. The van der Waals surface area contributed by atoms with Crippen LogP contribution in [0.15, 0.2) is 0 Å². The van der Waals surface area contributed by atoms with Crippen molar-refractivity contribution < 1.29 is 19.5 Å². The van der Waals surface area contributed by atoms with Gasteiger partial charge in [-0.3, -0.25) is 9.59 Å². The van der Waals surface area contributed by atoms with E-state index in [-0.39, 0.29) is 17.6 Å². The summed E-state index contributed by atoms with van der Waals surface area (Å²) in [6.45, 7) is 3.58. The van der Waals surface area contributed by atoms with E-state index in [2.05, 4.69) is 0 Å². The van der Waals surface area contributed by atoms with Gasteiger partial charge in [0.2, 0.25) is 5.91 Å². The summed E-state index contributed by atoms with van der Waals surface area (Å²) in [5.41, 5.74) is 0. The van der Waals surface area contributed by atoms with E-state index in [9.17, 15) is 19.5 Å². The maximum absolute atomic E-state index is 12.2. The second-order valence-corrected chi connectivity index (χ2v) is 6.47. The molecule has 2 unspecified atom stereocenters. The molecule has 2 heterocycles. The van der Waals surface area contributed by atoms with Gasteiger partial charge in [-0.05, 0) is 18.8 Å². The lowest BCUT2D eigenvalue weighted by atomic mass is 9.92. The number of carboxylic acid groups (broad SMARTS) is 1. The molecule has 0 aliphatic carbocycles. The smallest absolute Gasteiger partial charge is 0.326 e. The molecule has 2 aliphatic heterocycles. The molecular formula is C13H20N2O4S. The largest absolute Gasteiger partial charge is 0.480 e. The van der Waals surface area contributed by atoms with Crippen molar-refractivity contribution in [1.29, 1.82) is 0 Å². The Bertz CT molecular complexity index is 415. The van der Waals surface area contributed by atoms with Crippen LogP contribution in [0.1, 0.15) is 26.2 Å². The van der Waals surface area contributed by atoms with E-state index in [1.807, 2.05) is 6.92 Å². The minimum atomic E-state index is -0.933. The van der Waals surface area contributed by atoms with Gasteiger partial charge in [-0.2, -0.15) is 0 Å². The van der Waals surface area contributed by atoms with Crippen LogP contribution in [0.3, 0.4) is 0 Å². The van der Waals surface area contributed by atoms with E-state index in [0.717, 1.165) is 12.2 Å². The monoisotopic (exact) mass is 300 g/mol. The normalized spacial score (nSPS) is 26.9. The first-order valence-corrected chi connectivity index (χ1v) is 7.91. The Kier molecular flexibility index (Phi) is 4.91. The van der Waals surface area contributed by atoms with Gasteiger partial charge in [-0.25, -0.2) is 4.79 Å². The van der Waals surface area contributed by atoms with Gasteiger partial charge in [0.25, 0.3) is 5.24 Å². The number of carbonyl (C=O) groups is 3. The molecule has 7 heteroatoms. The number of hydrogen-bond donors (Lipinski definition) is 1. The van der Waals surface area contributed by atoms with Crippen LogP contribution in [-0.4, -0.2) is 63.5 Å². The van der Waals surface area contributed by atoms with Crippen LogP contribution in [-0.2, 0) is 9.59 Å². The molecule has 2 atom stereocenters. The Morgan fingerprint density at radius 3 is 2.75 bits per heavy atom. The predicted octanol–water partition coefficient (Wildman–Crippen LogP) is 1.26. The SMILES string of the molecule is CC1CCN(C(=O)CCN2CCSC2=O)C(C(=O)O)C1. The Morgan fingerprint density at radius 2 is 2.15 bits per heavy atom. The molecule has 2 fully saturated rings. The number of carbonyl (C=O) groups excluding carboxylic acids is 2. The number of hydrogen-bond acceptors (Lipinski definition) is 4. The number of nitrogens with zero attached hydrogens (tertiary/aromatic N) is 2. The van der Waals surface area contributed by atoms with Gasteiger partial charge in [0, 0.05) is 31.8 Å². The fourth-order valence-electron chi connectivity index (χ4n) is 2.68. The van der Waals surface area contributed by atoms with Crippen LogP contribution in [0.25, 0.3) is 0 Å². The van der Waals surface area contributed by atoms with Crippen LogP contribution in [0, 0.1) is 5.92 Å². The average molecular weight is 300 g/mol. The number of likely N-dealkylation sites (tertiary alicyclic amines) is 1. The Hall–Kier alpha value is -1.24. The Morgan fingerprint density at radius 1 is 1.40 bits per heavy atom. The second kappa shape index (κ2) is 6.47. The van der Waals surface area contributed by atoms with Gasteiger partial charge < -0.3 is 14.9 Å². The molecule has 0 aromatic heterocycles. The molecule has 0 bridgehead atoms. The average Bonchev–Trinajstić information content (AvgIpc) is 2.81. The summed E-state index contributed by atoms with van der Waals surface area (Å²) < 4.78 is 0. The molecule has 112 valence electrons. The molecule has 2 rings (SSSR count). The first kappa shape index (κ1) is 15.2. The zero-order valence-corrected chi connectivity index (χ0v) is 12.4. The first-order chi connectivity index (χ1) is 9.49. The van der Waals surface area contributed by atoms with Gasteiger partial charge >= 0.3 is 5.97 Å². The molecule has 20 heavy (non-hydrogen) atoms. The van der Waals surface area contributed by atoms with E-state index >= 15 is 0 Å². The number of thioether (sulfide) groups is 1. The van der Waals surface area contributed by atoms with Crippen molar-refractivity contribution in [1.82, 2.24) is 9.80 Å². The standard InChI is InChI=1S/C13H20N2O4S/c1-9-2-5-15(10(8-9)12(17)18)11(16)3-4-14-6-7-20-13(14)19/h9-10H,2-8H2,1H3,(H,17,18). The molecule has 0 aromatic carbocycles. The third kappa shape index (κ3) is 3.45. The summed E-state index contributed by atoms with van der Waals surface area (Å²) in [5, 5.41) is 9.25. The van der Waals surface area contributed by atoms with Crippen molar-refractivity contribution in [3.63, 3.8) is 0 Å². The van der Waals surface area contributed by atoms with Crippen LogP contribution < -0.4 is 0 Å². The Labute approximate surface area is 122 Å². The fraction of sp³-hybridized carbons (Fsp3) is 0.769. The third-order valence-electron chi connectivity index (χ3n) is 3.91. The van der Waals surface area contributed by atoms with Gasteiger partial charge in [0.1, 0.15) is 6.04 Å². The van der Waals surface area contributed by atoms with Gasteiger partial charge in [0.15, 0.2) is 0 Å². The van der Waals surface area contributed by atoms with E-state index in [1.165, 1.54) is 16.7 Å².